The highest BCUT2D eigenvalue weighted by molar-refractivity contribution is 5.90. The zero-order valence-electron chi connectivity index (χ0n) is 18.7. The average molecular weight is 424 g/mol. The smallest absolute Gasteiger partial charge is 0.359 e. The first-order chi connectivity index (χ1) is 15.1. The van der Waals surface area contributed by atoms with Crippen LogP contribution in [0.2, 0.25) is 0 Å². The third kappa shape index (κ3) is 4.83. The molecule has 166 valence electrons. The van der Waals surface area contributed by atoms with Gasteiger partial charge in [0, 0.05) is 31.5 Å². The number of aromatic nitrogens is 2. The van der Waals surface area contributed by atoms with E-state index in [1.165, 1.54) is 37.7 Å². The molecule has 0 saturated heterocycles. The molecule has 0 N–H and O–H groups in total. The SMILES string of the molecule is CCOC(=O)c1nn(-c2ccc(C)cc2)c2c1CN(C(=O)CCC1CCCCC1)CC2. The van der Waals surface area contributed by atoms with E-state index in [1.54, 1.807) is 6.92 Å². The number of esters is 1. The van der Waals surface area contributed by atoms with E-state index in [1.807, 2.05) is 40.8 Å². The van der Waals surface area contributed by atoms with Gasteiger partial charge in [-0.05, 0) is 38.3 Å². The van der Waals surface area contributed by atoms with Gasteiger partial charge in [-0.25, -0.2) is 9.48 Å². The maximum absolute atomic E-state index is 13.0. The summed E-state index contributed by atoms with van der Waals surface area (Å²) < 4.78 is 7.12. The molecule has 1 amide bonds. The van der Waals surface area contributed by atoms with Gasteiger partial charge in [0.2, 0.25) is 5.91 Å². The Kier molecular flexibility index (Phi) is 6.73. The molecule has 0 radical (unpaired) electrons. The summed E-state index contributed by atoms with van der Waals surface area (Å²) in [4.78, 5) is 27.5. The first kappa shape index (κ1) is 21.6. The van der Waals surface area contributed by atoms with E-state index in [0.29, 0.717) is 44.1 Å². The van der Waals surface area contributed by atoms with Gasteiger partial charge in [0.25, 0.3) is 0 Å². The Morgan fingerprint density at radius 2 is 1.87 bits per heavy atom. The second kappa shape index (κ2) is 9.67. The summed E-state index contributed by atoms with van der Waals surface area (Å²) in [7, 11) is 0. The number of amides is 1. The van der Waals surface area contributed by atoms with E-state index < -0.39 is 5.97 Å². The molecule has 2 aliphatic rings. The van der Waals surface area contributed by atoms with Gasteiger partial charge in [-0.1, -0.05) is 49.8 Å². The van der Waals surface area contributed by atoms with E-state index in [-0.39, 0.29) is 5.91 Å². The molecule has 0 unspecified atom stereocenters. The number of hydrogen-bond donors (Lipinski definition) is 0. The van der Waals surface area contributed by atoms with Crippen LogP contribution in [0, 0.1) is 12.8 Å². The van der Waals surface area contributed by atoms with E-state index in [4.69, 9.17) is 4.74 Å². The van der Waals surface area contributed by atoms with Crippen molar-refractivity contribution in [2.75, 3.05) is 13.2 Å². The van der Waals surface area contributed by atoms with Gasteiger partial charge < -0.3 is 9.64 Å². The van der Waals surface area contributed by atoms with Crippen molar-refractivity contribution in [1.82, 2.24) is 14.7 Å². The van der Waals surface area contributed by atoms with E-state index in [9.17, 15) is 9.59 Å². The van der Waals surface area contributed by atoms with Gasteiger partial charge in [0.15, 0.2) is 5.69 Å². The number of aryl methyl sites for hydroxylation is 1. The number of carbonyl (C=O) groups is 2. The topological polar surface area (TPSA) is 64.4 Å². The Morgan fingerprint density at radius 3 is 2.58 bits per heavy atom. The van der Waals surface area contributed by atoms with Crippen LogP contribution in [0.4, 0.5) is 0 Å². The number of nitrogens with zero attached hydrogens (tertiary/aromatic N) is 3. The minimum absolute atomic E-state index is 0.189. The van der Waals surface area contributed by atoms with Crippen molar-refractivity contribution in [2.24, 2.45) is 5.92 Å². The molecule has 2 heterocycles. The third-order valence-electron chi connectivity index (χ3n) is 6.65. The highest BCUT2D eigenvalue weighted by atomic mass is 16.5. The summed E-state index contributed by atoms with van der Waals surface area (Å²) >= 11 is 0. The Hall–Kier alpha value is -2.63. The van der Waals surface area contributed by atoms with Gasteiger partial charge in [-0.3, -0.25) is 4.79 Å². The predicted molar refractivity (Wildman–Crippen MR) is 119 cm³/mol. The lowest BCUT2D eigenvalue weighted by atomic mass is 9.86. The fourth-order valence-electron chi connectivity index (χ4n) is 4.86. The summed E-state index contributed by atoms with van der Waals surface area (Å²) in [5, 5.41) is 4.63. The zero-order chi connectivity index (χ0) is 21.8. The quantitative estimate of drug-likeness (QED) is 0.637. The Balaban J connectivity index is 1.54. The van der Waals surface area contributed by atoms with Crippen molar-refractivity contribution < 1.29 is 14.3 Å². The van der Waals surface area contributed by atoms with Crippen LogP contribution >= 0.6 is 0 Å². The minimum Gasteiger partial charge on any atom is -0.461 e. The van der Waals surface area contributed by atoms with Gasteiger partial charge >= 0.3 is 5.97 Å². The normalized spacial score (nSPS) is 16.8. The summed E-state index contributed by atoms with van der Waals surface area (Å²) in [6.45, 7) is 5.23. The van der Waals surface area contributed by atoms with E-state index in [0.717, 1.165) is 23.4 Å². The fourth-order valence-corrected chi connectivity index (χ4v) is 4.86. The molecule has 6 nitrogen and oxygen atoms in total. The first-order valence-corrected chi connectivity index (χ1v) is 11.7. The van der Waals surface area contributed by atoms with Crippen molar-refractivity contribution in [3.8, 4) is 5.69 Å². The Bertz CT molecular complexity index is 926. The highest BCUT2D eigenvalue weighted by Gasteiger charge is 2.31. The van der Waals surface area contributed by atoms with E-state index >= 15 is 0 Å². The number of hydrogen-bond acceptors (Lipinski definition) is 4. The Morgan fingerprint density at radius 1 is 1.13 bits per heavy atom. The van der Waals surface area contributed by atoms with Gasteiger partial charge in [-0.15, -0.1) is 0 Å². The lowest BCUT2D eigenvalue weighted by molar-refractivity contribution is -0.132. The largest absolute Gasteiger partial charge is 0.461 e. The maximum Gasteiger partial charge on any atom is 0.359 e. The van der Waals surface area contributed by atoms with Crippen molar-refractivity contribution in [2.45, 2.75) is 71.8 Å². The van der Waals surface area contributed by atoms with Crippen LogP contribution in [-0.4, -0.2) is 39.7 Å². The number of fused-ring (bicyclic) bond motifs is 1. The molecule has 4 rings (SSSR count). The van der Waals surface area contributed by atoms with Crippen LogP contribution in [0.3, 0.4) is 0 Å². The molecule has 6 heteroatoms. The standard InChI is InChI=1S/C25H33N3O3/c1-3-31-25(30)24-21-17-27(23(29)14-11-19-7-5-4-6-8-19)16-15-22(21)28(26-24)20-12-9-18(2)10-13-20/h9-10,12-13,19H,3-8,11,14-17H2,1-2H3. The molecule has 1 fully saturated rings. The summed E-state index contributed by atoms with van der Waals surface area (Å²) in [5.74, 6) is 0.465. The molecule has 1 aromatic heterocycles. The molecular weight excluding hydrogens is 390 g/mol. The summed E-state index contributed by atoms with van der Waals surface area (Å²) in [6, 6.07) is 8.10. The first-order valence-electron chi connectivity index (χ1n) is 11.7. The van der Waals surface area contributed by atoms with Crippen LogP contribution < -0.4 is 0 Å². The monoisotopic (exact) mass is 423 g/mol. The van der Waals surface area contributed by atoms with Crippen molar-refractivity contribution in [3.05, 3.63) is 46.8 Å². The summed E-state index contributed by atoms with van der Waals surface area (Å²) in [5.41, 5.74) is 4.27. The molecule has 0 spiro atoms. The molecule has 0 bridgehead atoms. The molecule has 2 aromatic rings. The lowest BCUT2D eigenvalue weighted by Crippen LogP contribution is -2.37. The second-order valence-corrected chi connectivity index (χ2v) is 8.85. The molecule has 1 aliphatic heterocycles. The lowest BCUT2D eigenvalue weighted by Gasteiger charge is -2.29. The molecule has 0 atom stereocenters. The number of rotatable bonds is 6. The predicted octanol–water partition coefficient (Wildman–Crippen LogP) is 4.60. The van der Waals surface area contributed by atoms with Crippen molar-refractivity contribution >= 4 is 11.9 Å². The zero-order valence-corrected chi connectivity index (χ0v) is 18.7. The van der Waals surface area contributed by atoms with Gasteiger partial charge in [0.05, 0.1) is 18.0 Å². The Labute approximate surface area is 184 Å². The molecule has 1 aromatic carbocycles. The second-order valence-electron chi connectivity index (χ2n) is 8.85. The van der Waals surface area contributed by atoms with Crippen LogP contribution in [0.15, 0.2) is 24.3 Å². The molecule has 1 aliphatic carbocycles. The van der Waals surface area contributed by atoms with Crippen molar-refractivity contribution in [1.29, 1.82) is 0 Å². The third-order valence-corrected chi connectivity index (χ3v) is 6.65. The maximum atomic E-state index is 13.0. The van der Waals surface area contributed by atoms with Gasteiger partial charge in [0.1, 0.15) is 0 Å². The summed E-state index contributed by atoms with van der Waals surface area (Å²) in [6.07, 6.45) is 8.71. The number of ether oxygens (including phenoxy) is 1. The van der Waals surface area contributed by atoms with Crippen LogP contribution in [0.25, 0.3) is 5.69 Å². The van der Waals surface area contributed by atoms with Crippen LogP contribution in [-0.2, 0) is 22.5 Å². The van der Waals surface area contributed by atoms with Crippen molar-refractivity contribution in [3.63, 3.8) is 0 Å². The van der Waals surface area contributed by atoms with Crippen LogP contribution in [0.1, 0.15) is 79.2 Å². The average Bonchev–Trinajstić information content (AvgIpc) is 3.18. The molecule has 31 heavy (non-hydrogen) atoms. The highest BCUT2D eigenvalue weighted by Crippen LogP contribution is 2.29. The van der Waals surface area contributed by atoms with Gasteiger partial charge in [-0.2, -0.15) is 5.10 Å². The van der Waals surface area contributed by atoms with Crippen LogP contribution in [0.5, 0.6) is 0 Å². The molecule has 1 saturated carbocycles. The van der Waals surface area contributed by atoms with E-state index in [2.05, 4.69) is 5.10 Å². The number of carbonyl (C=O) groups excluding carboxylic acids is 2. The number of benzene rings is 1. The fraction of sp³-hybridized carbons (Fsp3) is 0.560. The molecular formula is C25H33N3O3. The minimum atomic E-state index is -0.416.